The first-order chi connectivity index (χ1) is 17.0. The van der Waals surface area contributed by atoms with Gasteiger partial charge in [0.1, 0.15) is 0 Å². The Kier molecular flexibility index (Phi) is 6.66. The molecule has 4 N–H and O–H groups in total. The van der Waals surface area contributed by atoms with Crippen molar-refractivity contribution in [1.29, 1.82) is 0 Å². The summed E-state index contributed by atoms with van der Waals surface area (Å²) >= 11 is 0. The van der Waals surface area contributed by atoms with Crippen LogP contribution in [0.2, 0.25) is 0 Å². The number of aromatic nitrogens is 2. The van der Waals surface area contributed by atoms with Crippen LogP contribution in [0.3, 0.4) is 0 Å². The zero-order valence-corrected chi connectivity index (χ0v) is 21.2. The second-order valence-electron chi connectivity index (χ2n) is 9.90. The first-order valence-electron chi connectivity index (χ1n) is 11.7. The lowest BCUT2D eigenvalue weighted by atomic mass is 9.86. The predicted molar refractivity (Wildman–Crippen MR) is 147 cm³/mol. The number of hydrogen-bond donors (Lipinski definition) is 3. The van der Waals surface area contributed by atoms with Crippen molar-refractivity contribution < 1.29 is 4.79 Å². The minimum absolute atomic E-state index is 0.0174. The molecule has 3 aromatic carbocycles. The molecule has 0 radical (unpaired) electrons. The number of carbonyl (C=O) groups excluding carboxylic acids is 1. The molecule has 0 saturated carbocycles. The normalized spacial score (nSPS) is 11.2. The highest BCUT2D eigenvalue weighted by Crippen LogP contribution is 2.29. The summed E-state index contributed by atoms with van der Waals surface area (Å²) in [7, 11) is 1.68. The molecule has 36 heavy (non-hydrogen) atoms. The third kappa shape index (κ3) is 5.30. The van der Waals surface area contributed by atoms with Crippen LogP contribution in [-0.4, -0.2) is 15.5 Å². The third-order valence-corrected chi connectivity index (χ3v) is 6.09. The van der Waals surface area contributed by atoms with Crippen molar-refractivity contribution >= 4 is 28.8 Å². The SMILES string of the molecule is Cc1c(NC(=O)c2ccc(C(C)(C)C)cc2)cccc1-c1cn(C)c(=O)c(Nc2cccc(N)c2)n1. The van der Waals surface area contributed by atoms with Gasteiger partial charge in [-0.15, -0.1) is 0 Å². The van der Waals surface area contributed by atoms with Crippen molar-refractivity contribution in [3.8, 4) is 11.3 Å². The van der Waals surface area contributed by atoms with Crippen LogP contribution in [0.1, 0.15) is 42.3 Å². The molecule has 0 saturated heterocycles. The average molecular weight is 482 g/mol. The van der Waals surface area contributed by atoms with Gasteiger partial charge >= 0.3 is 0 Å². The van der Waals surface area contributed by atoms with Crippen molar-refractivity contribution in [2.75, 3.05) is 16.4 Å². The molecule has 7 heteroatoms. The smallest absolute Gasteiger partial charge is 0.293 e. The molecule has 4 rings (SSSR count). The Morgan fingerprint density at radius 2 is 1.69 bits per heavy atom. The van der Waals surface area contributed by atoms with Gasteiger partial charge in [0.2, 0.25) is 0 Å². The van der Waals surface area contributed by atoms with Gasteiger partial charge in [-0.25, -0.2) is 4.98 Å². The van der Waals surface area contributed by atoms with E-state index in [-0.39, 0.29) is 22.7 Å². The molecule has 1 heterocycles. The highest BCUT2D eigenvalue weighted by atomic mass is 16.1. The topological polar surface area (TPSA) is 102 Å². The molecule has 0 fully saturated rings. The van der Waals surface area contributed by atoms with Gasteiger partial charge in [0, 0.05) is 41.4 Å². The predicted octanol–water partition coefficient (Wildman–Crippen LogP) is 5.63. The maximum Gasteiger partial charge on any atom is 0.293 e. The lowest BCUT2D eigenvalue weighted by molar-refractivity contribution is 0.102. The first-order valence-corrected chi connectivity index (χ1v) is 11.7. The molecule has 0 aliphatic heterocycles. The number of carbonyl (C=O) groups is 1. The Hall–Kier alpha value is -4.39. The van der Waals surface area contributed by atoms with Crippen molar-refractivity contribution in [2.45, 2.75) is 33.1 Å². The molecule has 1 aromatic heterocycles. The van der Waals surface area contributed by atoms with Gasteiger partial charge < -0.3 is 20.9 Å². The van der Waals surface area contributed by atoms with Gasteiger partial charge in [0.05, 0.1) is 5.69 Å². The first kappa shape index (κ1) is 24.7. The lowest BCUT2D eigenvalue weighted by Gasteiger charge is -2.19. The van der Waals surface area contributed by atoms with Gasteiger partial charge in [-0.05, 0) is 59.9 Å². The number of nitrogen functional groups attached to an aromatic ring is 1. The van der Waals surface area contributed by atoms with E-state index in [0.29, 0.717) is 28.3 Å². The Balaban J connectivity index is 1.63. The number of nitrogens with one attached hydrogen (secondary N) is 2. The molecule has 0 spiro atoms. The zero-order chi connectivity index (χ0) is 26.0. The molecule has 7 nitrogen and oxygen atoms in total. The summed E-state index contributed by atoms with van der Waals surface area (Å²) in [4.78, 5) is 30.3. The number of rotatable bonds is 5. The summed E-state index contributed by atoms with van der Waals surface area (Å²) in [6, 6.07) is 20.4. The van der Waals surface area contributed by atoms with Crippen LogP contribution in [-0.2, 0) is 12.5 Å². The number of aryl methyl sites for hydroxylation is 1. The van der Waals surface area contributed by atoms with Crippen LogP contribution in [0.25, 0.3) is 11.3 Å². The average Bonchev–Trinajstić information content (AvgIpc) is 2.83. The highest BCUT2D eigenvalue weighted by Gasteiger charge is 2.16. The van der Waals surface area contributed by atoms with Crippen LogP contribution in [0.5, 0.6) is 0 Å². The van der Waals surface area contributed by atoms with Gasteiger partial charge in [-0.3, -0.25) is 9.59 Å². The largest absolute Gasteiger partial charge is 0.399 e. The van der Waals surface area contributed by atoms with Crippen molar-refractivity contribution in [1.82, 2.24) is 9.55 Å². The van der Waals surface area contributed by atoms with Crippen molar-refractivity contribution in [2.24, 2.45) is 7.05 Å². The molecule has 1 amide bonds. The Labute approximate surface area is 211 Å². The summed E-state index contributed by atoms with van der Waals surface area (Å²) in [5.74, 6) is 0.00142. The van der Waals surface area contributed by atoms with E-state index in [2.05, 4.69) is 36.4 Å². The monoisotopic (exact) mass is 481 g/mol. The summed E-state index contributed by atoms with van der Waals surface area (Å²) < 4.78 is 1.48. The second kappa shape index (κ2) is 9.70. The minimum Gasteiger partial charge on any atom is -0.399 e. The highest BCUT2D eigenvalue weighted by molar-refractivity contribution is 6.05. The molecule has 0 aliphatic carbocycles. The van der Waals surface area contributed by atoms with E-state index >= 15 is 0 Å². The fraction of sp³-hybridized carbons (Fsp3) is 0.207. The quantitative estimate of drug-likeness (QED) is 0.321. The van der Waals surface area contributed by atoms with Crippen LogP contribution in [0.15, 0.2) is 77.7 Å². The summed E-state index contributed by atoms with van der Waals surface area (Å²) in [6.07, 6.45) is 1.69. The summed E-state index contributed by atoms with van der Waals surface area (Å²) in [5.41, 5.74) is 11.6. The molecule has 4 aromatic rings. The second-order valence-corrected chi connectivity index (χ2v) is 9.90. The van der Waals surface area contributed by atoms with E-state index in [9.17, 15) is 9.59 Å². The van der Waals surface area contributed by atoms with Crippen LogP contribution in [0.4, 0.5) is 22.9 Å². The fourth-order valence-corrected chi connectivity index (χ4v) is 3.94. The van der Waals surface area contributed by atoms with Crippen molar-refractivity contribution in [3.05, 3.63) is 100.0 Å². The number of hydrogen-bond acceptors (Lipinski definition) is 5. The molecular weight excluding hydrogens is 450 g/mol. The van der Waals surface area contributed by atoms with Gasteiger partial charge in [-0.1, -0.05) is 51.1 Å². The molecule has 0 unspecified atom stereocenters. The van der Waals surface area contributed by atoms with Crippen LogP contribution < -0.4 is 21.9 Å². The number of benzene rings is 3. The summed E-state index contributed by atoms with van der Waals surface area (Å²) in [5, 5.41) is 6.09. The molecule has 0 atom stereocenters. The number of nitrogens with zero attached hydrogens (tertiary/aromatic N) is 2. The van der Waals surface area contributed by atoms with E-state index in [1.165, 1.54) is 10.1 Å². The van der Waals surface area contributed by atoms with E-state index < -0.39 is 0 Å². The van der Waals surface area contributed by atoms with E-state index in [1.807, 2.05) is 55.5 Å². The summed E-state index contributed by atoms with van der Waals surface area (Å²) in [6.45, 7) is 8.34. The molecule has 184 valence electrons. The third-order valence-electron chi connectivity index (χ3n) is 6.09. The lowest BCUT2D eigenvalue weighted by Crippen LogP contribution is -2.21. The minimum atomic E-state index is -0.262. The zero-order valence-electron chi connectivity index (χ0n) is 21.2. The van der Waals surface area contributed by atoms with E-state index in [0.717, 1.165) is 11.1 Å². The number of anilines is 4. The number of amides is 1. The fourth-order valence-electron chi connectivity index (χ4n) is 3.94. The maximum atomic E-state index is 13.0. The van der Waals surface area contributed by atoms with E-state index in [1.54, 1.807) is 31.4 Å². The van der Waals surface area contributed by atoms with Gasteiger partial charge in [-0.2, -0.15) is 0 Å². The molecule has 0 aliphatic rings. The maximum absolute atomic E-state index is 13.0. The standard InChI is InChI=1S/C29H31N5O2/c1-18-23(25-17-34(5)28(36)26(32-25)31-22-9-6-8-21(30)16-22)10-7-11-24(18)33-27(35)19-12-14-20(15-13-19)29(2,3)4/h6-17H,30H2,1-5H3,(H,31,32)(H,33,35). The Bertz CT molecular complexity index is 1480. The van der Waals surface area contributed by atoms with Crippen LogP contribution >= 0.6 is 0 Å². The number of nitrogens with two attached hydrogens (primary N) is 1. The molecular formula is C29H31N5O2. The van der Waals surface area contributed by atoms with Gasteiger partial charge in [0.15, 0.2) is 5.82 Å². The molecule has 0 bridgehead atoms. The van der Waals surface area contributed by atoms with E-state index in [4.69, 9.17) is 5.73 Å². The Morgan fingerprint density at radius 3 is 2.36 bits per heavy atom. The van der Waals surface area contributed by atoms with Gasteiger partial charge in [0.25, 0.3) is 11.5 Å². The van der Waals surface area contributed by atoms with Crippen LogP contribution in [0, 0.1) is 6.92 Å². The van der Waals surface area contributed by atoms with Crippen molar-refractivity contribution in [3.63, 3.8) is 0 Å². The Morgan fingerprint density at radius 1 is 1.00 bits per heavy atom.